The maximum atomic E-state index is 13.8. The van der Waals surface area contributed by atoms with Crippen LogP contribution in [0.1, 0.15) is 27.7 Å². The topological polar surface area (TPSA) is 98.4 Å². The van der Waals surface area contributed by atoms with Gasteiger partial charge in [0.2, 0.25) is 5.78 Å². The number of ether oxygens (including phenoxy) is 3. The van der Waals surface area contributed by atoms with E-state index in [1.807, 2.05) is 0 Å². The van der Waals surface area contributed by atoms with Crippen molar-refractivity contribution in [2.75, 3.05) is 27.4 Å². The predicted octanol–water partition coefficient (Wildman–Crippen LogP) is 6.04. The van der Waals surface area contributed by atoms with Gasteiger partial charge in [0, 0.05) is 30.1 Å². The van der Waals surface area contributed by atoms with Crippen molar-refractivity contribution in [3.63, 3.8) is 0 Å². The van der Waals surface area contributed by atoms with Crippen LogP contribution < -0.4 is 9.47 Å². The van der Waals surface area contributed by atoms with Crippen LogP contribution in [-0.4, -0.2) is 49.1 Å². The van der Waals surface area contributed by atoms with Crippen LogP contribution in [0.15, 0.2) is 82.5 Å². The molecule has 1 amide bonds. The minimum Gasteiger partial charge on any atom is -0.503 e. The van der Waals surface area contributed by atoms with E-state index in [4.69, 9.17) is 30.2 Å². The van der Waals surface area contributed by atoms with Crippen LogP contribution in [0.2, 0.25) is 5.02 Å². The Morgan fingerprint density at radius 2 is 1.80 bits per heavy atom. The highest BCUT2D eigenvalue weighted by atomic mass is 35.5. The highest BCUT2D eigenvalue weighted by Gasteiger charge is 2.44. The van der Waals surface area contributed by atoms with Gasteiger partial charge in [-0.05, 0) is 47.5 Å². The number of benzene rings is 3. The Hall–Kier alpha value is -4.34. The van der Waals surface area contributed by atoms with Gasteiger partial charge in [0.05, 0.1) is 25.3 Å². The number of aliphatic hydroxyl groups is 1. The summed E-state index contributed by atoms with van der Waals surface area (Å²) in [5.74, 6) is -1.54. The molecule has 0 bridgehead atoms. The van der Waals surface area contributed by atoms with Gasteiger partial charge in [-0.15, -0.1) is 0 Å². The maximum Gasteiger partial charge on any atom is 0.290 e. The number of aliphatic hydroxyl groups excluding tert-OH is 1. The van der Waals surface area contributed by atoms with E-state index in [9.17, 15) is 19.1 Å². The first kappa shape index (κ1) is 27.2. The SMILES string of the molecule is COCCN1C(=O)C(O)=C(C(=O)c2cc3cc(Cl)cc(OC)c3o2)C1c1ccc(OCc2ccc(F)cc2)cc1. The number of nitrogens with zero attached hydrogens (tertiary/aromatic N) is 1. The van der Waals surface area contributed by atoms with E-state index < -0.39 is 23.5 Å². The van der Waals surface area contributed by atoms with Gasteiger partial charge in [-0.2, -0.15) is 0 Å². The number of Topliss-reactive ketones (excluding diaryl/α,β-unsaturated/α-hetero) is 1. The minimum absolute atomic E-state index is 0.0808. The summed E-state index contributed by atoms with van der Waals surface area (Å²) < 4.78 is 35.3. The van der Waals surface area contributed by atoms with Gasteiger partial charge in [-0.25, -0.2) is 4.39 Å². The van der Waals surface area contributed by atoms with Crippen molar-refractivity contribution >= 4 is 34.3 Å². The summed E-state index contributed by atoms with van der Waals surface area (Å²) in [4.78, 5) is 28.2. The van der Waals surface area contributed by atoms with Crippen LogP contribution in [0.5, 0.6) is 11.5 Å². The molecular formula is C30H25ClFNO7. The number of hydrogen-bond acceptors (Lipinski definition) is 7. The Kier molecular flexibility index (Phi) is 7.77. The predicted molar refractivity (Wildman–Crippen MR) is 145 cm³/mol. The zero-order valence-electron chi connectivity index (χ0n) is 21.6. The normalized spacial score (nSPS) is 15.2. The molecule has 1 atom stereocenters. The van der Waals surface area contributed by atoms with Crippen LogP contribution in [0, 0.1) is 5.82 Å². The van der Waals surface area contributed by atoms with Gasteiger partial charge in [-0.1, -0.05) is 35.9 Å². The smallest absolute Gasteiger partial charge is 0.290 e. The number of carbonyl (C=O) groups is 2. The first-order valence-corrected chi connectivity index (χ1v) is 12.7. The molecule has 5 rings (SSSR count). The van der Waals surface area contributed by atoms with E-state index in [1.165, 1.54) is 37.3 Å². The molecule has 1 aliphatic rings. The van der Waals surface area contributed by atoms with Crippen molar-refractivity contribution < 1.29 is 37.7 Å². The van der Waals surface area contributed by atoms with Crippen LogP contribution >= 0.6 is 11.6 Å². The molecule has 1 N–H and O–H groups in total. The zero-order chi connectivity index (χ0) is 28.4. The van der Waals surface area contributed by atoms with E-state index in [0.717, 1.165) is 5.56 Å². The average Bonchev–Trinajstić information content (AvgIpc) is 3.49. The standard InChI is InChI=1S/C30H25ClFNO7/c1-37-12-11-33-26(18-5-9-22(10-6-18)39-16-17-3-7-21(32)8-4-17)25(28(35)30(33)36)27(34)23-14-19-13-20(31)15-24(38-2)29(19)40-23/h3-10,13-15,26,35H,11-12,16H2,1-2H3. The number of rotatable bonds is 10. The lowest BCUT2D eigenvalue weighted by Crippen LogP contribution is -2.34. The molecular weight excluding hydrogens is 541 g/mol. The minimum atomic E-state index is -0.903. The van der Waals surface area contributed by atoms with Crippen molar-refractivity contribution in [3.05, 3.63) is 106 Å². The molecule has 0 fully saturated rings. The van der Waals surface area contributed by atoms with E-state index >= 15 is 0 Å². The van der Waals surface area contributed by atoms with Crippen molar-refractivity contribution in [3.8, 4) is 11.5 Å². The summed E-state index contributed by atoms with van der Waals surface area (Å²) in [6.07, 6.45) is 0. The van der Waals surface area contributed by atoms with Crippen molar-refractivity contribution in [1.29, 1.82) is 0 Å². The Morgan fingerprint density at radius 3 is 2.48 bits per heavy atom. The second-order valence-corrected chi connectivity index (χ2v) is 9.54. The summed E-state index contributed by atoms with van der Waals surface area (Å²) in [5, 5.41) is 11.8. The molecule has 0 radical (unpaired) electrons. The third kappa shape index (κ3) is 5.25. The summed E-state index contributed by atoms with van der Waals surface area (Å²) in [7, 11) is 2.95. The molecule has 3 aromatic carbocycles. The third-order valence-electron chi connectivity index (χ3n) is 6.59. The average molecular weight is 566 g/mol. The number of halogens is 2. The fourth-order valence-electron chi connectivity index (χ4n) is 4.63. The molecule has 0 saturated carbocycles. The van der Waals surface area contributed by atoms with Crippen LogP contribution in [0.3, 0.4) is 0 Å². The molecule has 2 heterocycles. The lowest BCUT2D eigenvalue weighted by Gasteiger charge is -2.26. The Bertz CT molecular complexity index is 1600. The quantitative estimate of drug-likeness (QED) is 0.234. The molecule has 0 saturated heterocycles. The van der Waals surface area contributed by atoms with Crippen molar-refractivity contribution in [2.45, 2.75) is 12.6 Å². The summed E-state index contributed by atoms with van der Waals surface area (Å²) in [5.41, 5.74) is 1.56. The maximum absolute atomic E-state index is 13.8. The lowest BCUT2D eigenvalue weighted by molar-refractivity contribution is -0.130. The molecule has 4 aromatic rings. The number of ketones is 1. The lowest BCUT2D eigenvalue weighted by atomic mass is 9.95. The summed E-state index contributed by atoms with van der Waals surface area (Å²) in [6, 6.07) is 16.6. The first-order chi connectivity index (χ1) is 19.3. The number of methoxy groups -OCH3 is 2. The molecule has 0 aliphatic carbocycles. The Balaban J connectivity index is 1.46. The monoisotopic (exact) mass is 565 g/mol. The molecule has 40 heavy (non-hydrogen) atoms. The van der Waals surface area contributed by atoms with Gasteiger partial charge in [-0.3, -0.25) is 9.59 Å². The van der Waals surface area contributed by atoms with E-state index in [1.54, 1.807) is 48.5 Å². The molecule has 0 spiro atoms. The number of carbonyl (C=O) groups excluding carboxylic acids is 2. The second kappa shape index (κ2) is 11.4. The Morgan fingerprint density at radius 1 is 1.07 bits per heavy atom. The molecule has 206 valence electrons. The van der Waals surface area contributed by atoms with E-state index in [2.05, 4.69) is 0 Å². The molecule has 1 aliphatic heterocycles. The second-order valence-electron chi connectivity index (χ2n) is 9.11. The van der Waals surface area contributed by atoms with Crippen LogP contribution in [0.4, 0.5) is 4.39 Å². The summed E-state index contributed by atoms with van der Waals surface area (Å²) in [6.45, 7) is 0.550. The van der Waals surface area contributed by atoms with E-state index in [-0.39, 0.29) is 36.9 Å². The first-order valence-electron chi connectivity index (χ1n) is 12.3. The van der Waals surface area contributed by atoms with E-state index in [0.29, 0.717) is 33.1 Å². The van der Waals surface area contributed by atoms with Crippen LogP contribution in [-0.2, 0) is 16.1 Å². The Labute approximate surface area is 234 Å². The largest absolute Gasteiger partial charge is 0.503 e. The highest BCUT2D eigenvalue weighted by Crippen LogP contribution is 2.41. The van der Waals surface area contributed by atoms with Crippen molar-refractivity contribution in [1.82, 2.24) is 4.90 Å². The van der Waals surface area contributed by atoms with Gasteiger partial charge < -0.3 is 28.6 Å². The number of amides is 1. The third-order valence-corrected chi connectivity index (χ3v) is 6.81. The van der Waals surface area contributed by atoms with Crippen molar-refractivity contribution in [2.24, 2.45) is 0 Å². The molecule has 1 aromatic heterocycles. The van der Waals surface area contributed by atoms with Gasteiger partial charge in [0.15, 0.2) is 22.9 Å². The number of hydrogen-bond donors (Lipinski definition) is 1. The fraction of sp³-hybridized carbons (Fsp3) is 0.200. The van der Waals surface area contributed by atoms with Gasteiger partial charge in [0.25, 0.3) is 5.91 Å². The summed E-state index contributed by atoms with van der Waals surface area (Å²) >= 11 is 6.16. The molecule has 8 nitrogen and oxygen atoms in total. The van der Waals surface area contributed by atoms with Gasteiger partial charge in [0.1, 0.15) is 18.2 Å². The number of furan rings is 1. The van der Waals surface area contributed by atoms with Gasteiger partial charge >= 0.3 is 0 Å². The van der Waals surface area contributed by atoms with Crippen LogP contribution in [0.25, 0.3) is 11.0 Å². The fourth-order valence-corrected chi connectivity index (χ4v) is 4.84. The molecule has 1 unspecified atom stereocenters. The zero-order valence-corrected chi connectivity index (χ0v) is 22.4. The number of fused-ring (bicyclic) bond motifs is 1. The highest BCUT2D eigenvalue weighted by molar-refractivity contribution is 6.31. The molecule has 10 heteroatoms.